The molecule has 0 aliphatic rings. The molecule has 2 N–H and O–H groups in total. The molecule has 0 saturated carbocycles. The minimum Gasteiger partial charge on any atom is -0.356 e. The third-order valence-corrected chi connectivity index (χ3v) is 4.61. The van der Waals surface area contributed by atoms with Crippen molar-refractivity contribution in [1.82, 2.24) is 10.6 Å². The van der Waals surface area contributed by atoms with Gasteiger partial charge in [-0.1, -0.05) is 23.7 Å². The summed E-state index contributed by atoms with van der Waals surface area (Å²) in [5, 5.41) is 7.19. The van der Waals surface area contributed by atoms with E-state index in [-0.39, 0.29) is 35.8 Å². The van der Waals surface area contributed by atoms with E-state index in [4.69, 9.17) is 11.6 Å². The van der Waals surface area contributed by atoms with Crippen molar-refractivity contribution in [3.63, 3.8) is 0 Å². The smallest absolute Gasteiger partial charge is 0.191 e. The number of halogens is 2. The predicted octanol–water partition coefficient (Wildman–Crippen LogP) is 2.88. The van der Waals surface area contributed by atoms with Crippen LogP contribution < -0.4 is 10.6 Å². The summed E-state index contributed by atoms with van der Waals surface area (Å²) in [6.07, 6.45) is 3.75. The number of nitrogens with zero attached hydrogens (tertiary/aromatic N) is 1. The topological polar surface area (TPSA) is 70.6 Å². The van der Waals surface area contributed by atoms with Crippen molar-refractivity contribution in [2.45, 2.75) is 32.2 Å². The number of nitrogens with one attached hydrogen (secondary N) is 2. The molecule has 1 aromatic rings. The number of hydrogen-bond acceptors (Lipinski definition) is 3. The summed E-state index contributed by atoms with van der Waals surface area (Å²) in [6, 6.07) is 7.90. The van der Waals surface area contributed by atoms with Gasteiger partial charge in [0.25, 0.3) is 0 Å². The molecule has 5 nitrogen and oxygen atoms in total. The summed E-state index contributed by atoms with van der Waals surface area (Å²) in [5.74, 6) is 0.872. The van der Waals surface area contributed by atoms with E-state index in [0.717, 1.165) is 24.4 Å². The van der Waals surface area contributed by atoms with Gasteiger partial charge in [-0.15, -0.1) is 24.0 Å². The Hall–Kier alpha value is -0.540. The summed E-state index contributed by atoms with van der Waals surface area (Å²) in [5.41, 5.74) is 1.25. The first kappa shape index (κ1) is 23.5. The molecule has 0 fully saturated rings. The van der Waals surface area contributed by atoms with Gasteiger partial charge in [-0.05, 0) is 43.9 Å². The molecular formula is C16H27ClIN3O2S. The van der Waals surface area contributed by atoms with Crippen LogP contribution in [0, 0.1) is 0 Å². The van der Waals surface area contributed by atoms with Crippen LogP contribution in [0.2, 0.25) is 5.02 Å². The molecular weight excluding hydrogens is 461 g/mol. The van der Waals surface area contributed by atoms with E-state index in [9.17, 15) is 8.42 Å². The van der Waals surface area contributed by atoms with E-state index in [1.54, 1.807) is 7.05 Å². The highest BCUT2D eigenvalue weighted by molar-refractivity contribution is 14.0. The fraction of sp³-hybridized carbons (Fsp3) is 0.562. The highest BCUT2D eigenvalue weighted by Crippen LogP contribution is 2.10. The van der Waals surface area contributed by atoms with Crippen molar-refractivity contribution in [3.8, 4) is 0 Å². The van der Waals surface area contributed by atoms with Crippen molar-refractivity contribution >= 4 is 51.4 Å². The van der Waals surface area contributed by atoms with Crippen LogP contribution in [-0.2, 0) is 16.3 Å². The second-order valence-corrected chi connectivity index (χ2v) is 8.39. The van der Waals surface area contributed by atoms with Crippen LogP contribution >= 0.6 is 35.6 Å². The summed E-state index contributed by atoms with van der Waals surface area (Å²) in [7, 11) is -1.22. The van der Waals surface area contributed by atoms with Crippen LogP contribution in [-0.4, -0.2) is 46.0 Å². The summed E-state index contributed by atoms with van der Waals surface area (Å²) in [4.78, 5) is 4.16. The Bertz CT molecular complexity index is 606. The van der Waals surface area contributed by atoms with Gasteiger partial charge in [-0.25, -0.2) is 8.42 Å². The number of aryl methyl sites for hydroxylation is 1. The Morgan fingerprint density at radius 2 is 1.92 bits per heavy atom. The van der Waals surface area contributed by atoms with Crippen LogP contribution in [0.3, 0.4) is 0 Å². The van der Waals surface area contributed by atoms with Crippen molar-refractivity contribution in [2.75, 3.05) is 25.6 Å². The molecule has 0 amide bonds. The first-order valence-corrected chi connectivity index (χ1v) is 10.1. The number of rotatable bonds is 8. The lowest BCUT2D eigenvalue weighted by molar-refractivity contribution is 0.580. The first-order chi connectivity index (χ1) is 10.8. The van der Waals surface area contributed by atoms with Crippen molar-refractivity contribution in [1.29, 1.82) is 0 Å². The van der Waals surface area contributed by atoms with Gasteiger partial charge in [0.2, 0.25) is 0 Å². The van der Waals surface area contributed by atoms with Gasteiger partial charge in [0.05, 0.1) is 5.75 Å². The lowest BCUT2D eigenvalue weighted by atomic mass is 10.1. The van der Waals surface area contributed by atoms with Crippen LogP contribution in [0.1, 0.15) is 25.3 Å². The molecule has 1 aromatic carbocycles. The maximum atomic E-state index is 11.2. The fourth-order valence-corrected chi connectivity index (χ4v) is 2.95. The lowest BCUT2D eigenvalue weighted by Gasteiger charge is -2.17. The molecule has 1 atom stereocenters. The maximum Gasteiger partial charge on any atom is 0.191 e. The second-order valence-electron chi connectivity index (χ2n) is 5.69. The average Bonchev–Trinajstić information content (AvgIpc) is 2.49. The molecule has 0 heterocycles. The Morgan fingerprint density at radius 3 is 2.46 bits per heavy atom. The van der Waals surface area contributed by atoms with E-state index in [2.05, 4.69) is 15.6 Å². The molecule has 1 unspecified atom stereocenters. The number of sulfone groups is 1. The van der Waals surface area contributed by atoms with Gasteiger partial charge in [-0.2, -0.15) is 0 Å². The van der Waals surface area contributed by atoms with Crippen molar-refractivity contribution in [3.05, 3.63) is 34.9 Å². The van der Waals surface area contributed by atoms with Crippen molar-refractivity contribution in [2.24, 2.45) is 4.99 Å². The molecule has 24 heavy (non-hydrogen) atoms. The van der Waals surface area contributed by atoms with Gasteiger partial charge >= 0.3 is 0 Å². The summed E-state index contributed by atoms with van der Waals surface area (Å²) in [6.45, 7) is 2.74. The molecule has 0 spiro atoms. The van der Waals surface area contributed by atoms with Crippen LogP contribution in [0.25, 0.3) is 0 Å². The number of aliphatic imine (C=N–C) groups is 1. The number of benzene rings is 1. The summed E-state index contributed by atoms with van der Waals surface area (Å²) < 4.78 is 22.4. The minimum atomic E-state index is -2.93. The highest BCUT2D eigenvalue weighted by Gasteiger charge is 2.09. The Kier molecular flexibility index (Phi) is 11.6. The zero-order valence-corrected chi connectivity index (χ0v) is 18.3. The van der Waals surface area contributed by atoms with Gasteiger partial charge in [0, 0.05) is 30.9 Å². The van der Waals surface area contributed by atoms with Crippen LogP contribution in [0.15, 0.2) is 29.3 Å². The van der Waals surface area contributed by atoms with E-state index < -0.39 is 9.84 Å². The van der Waals surface area contributed by atoms with Crippen molar-refractivity contribution < 1.29 is 8.42 Å². The summed E-state index contributed by atoms with van der Waals surface area (Å²) >= 11 is 5.86. The second kappa shape index (κ2) is 11.9. The average molecular weight is 488 g/mol. The Balaban J connectivity index is 0.00000529. The minimum absolute atomic E-state index is 0. The SMILES string of the molecule is CN=C(NCCCc1ccc(Cl)cc1)NC(C)CCS(C)(=O)=O.I. The number of hydrogen-bond donors (Lipinski definition) is 2. The Labute approximate surface area is 167 Å². The zero-order chi connectivity index (χ0) is 17.3. The third-order valence-electron chi connectivity index (χ3n) is 3.38. The van der Waals surface area contributed by atoms with Gasteiger partial charge < -0.3 is 10.6 Å². The van der Waals surface area contributed by atoms with Gasteiger partial charge in [0.15, 0.2) is 5.96 Å². The molecule has 0 aliphatic carbocycles. The monoisotopic (exact) mass is 487 g/mol. The standard InChI is InChI=1S/C16H26ClN3O2S.HI/c1-13(10-12-23(3,21)22)20-16(18-2)19-11-4-5-14-6-8-15(17)9-7-14;/h6-9,13H,4-5,10-12H2,1-3H3,(H2,18,19,20);1H. The normalized spacial score (nSPS) is 13.1. The van der Waals surface area contributed by atoms with E-state index in [0.29, 0.717) is 12.4 Å². The molecule has 0 radical (unpaired) electrons. The maximum absolute atomic E-state index is 11.2. The molecule has 8 heteroatoms. The first-order valence-electron chi connectivity index (χ1n) is 7.69. The van der Waals surface area contributed by atoms with Crippen LogP contribution in [0.4, 0.5) is 0 Å². The molecule has 0 bridgehead atoms. The molecule has 0 aliphatic heterocycles. The molecule has 1 rings (SSSR count). The van der Waals surface area contributed by atoms with Gasteiger partial charge in [0.1, 0.15) is 9.84 Å². The largest absolute Gasteiger partial charge is 0.356 e. The number of guanidine groups is 1. The molecule has 138 valence electrons. The highest BCUT2D eigenvalue weighted by atomic mass is 127. The Morgan fingerprint density at radius 1 is 1.29 bits per heavy atom. The zero-order valence-electron chi connectivity index (χ0n) is 14.4. The van der Waals surface area contributed by atoms with Crippen LogP contribution in [0.5, 0.6) is 0 Å². The quantitative estimate of drug-likeness (QED) is 0.256. The van der Waals surface area contributed by atoms with Gasteiger partial charge in [-0.3, -0.25) is 4.99 Å². The molecule has 0 saturated heterocycles. The predicted molar refractivity (Wildman–Crippen MR) is 113 cm³/mol. The fourth-order valence-electron chi connectivity index (χ4n) is 2.04. The molecule has 0 aromatic heterocycles. The van der Waals surface area contributed by atoms with E-state index in [1.165, 1.54) is 11.8 Å². The van der Waals surface area contributed by atoms with E-state index in [1.807, 2.05) is 31.2 Å². The lowest BCUT2D eigenvalue weighted by Crippen LogP contribution is -2.43. The van der Waals surface area contributed by atoms with E-state index >= 15 is 0 Å². The third kappa shape index (κ3) is 11.1.